The van der Waals surface area contributed by atoms with Crippen LogP contribution in [0.15, 0.2) is 18.2 Å². The minimum Gasteiger partial charge on any atom is -0.381 e. The number of hydrogen-bond acceptors (Lipinski definition) is 5. The highest BCUT2D eigenvalue weighted by atomic mass is 16.5. The van der Waals surface area contributed by atoms with Crippen LogP contribution in [0, 0.1) is 24.2 Å². The third kappa shape index (κ3) is 3.48. The van der Waals surface area contributed by atoms with Gasteiger partial charge in [0.05, 0.1) is 11.3 Å². The van der Waals surface area contributed by atoms with Crippen LogP contribution in [0.5, 0.6) is 0 Å². The highest BCUT2D eigenvalue weighted by molar-refractivity contribution is 6.23. The van der Waals surface area contributed by atoms with Gasteiger partial charge in [-0.3, -0.25) is 4.79 Å². The van der Waals surface area contributed by atoms with E-state index in [9.17, 15) is 14.9 Å². The summed E-state index contributed by atoms with van der Waals surface area (Å²) in [7, 11) is 0. The van der Waals surface area contributed by atoms with E-state index >= 15 is 0 Å². The zero-order valence-electron chi connectivity index (χ0n) is 17.9. The van der Waals surface area contributed by atoms with E-state index in [4.69, 9.17) is 4.74 Å². The molecule has 3 heterocycles. The van der Waals surface area contributed by atoms with Gasteiger partial charge in [0.15, 0.2) is 0 Å². The number of carbonyl (C=O) groups excluding carboxylic acids is 2. The number of carbonyl (C=O) groups is 2. The molecule has 3 aliphatic rings. The van der Waals surface area contributed by atoms with E-state index in [0.717, 1.165) is 51.3 Å². The van der Waals surface area contributed by atoms with Crippen LogP contribution in [0.1, 0.15) is 43.7 Å². The van der Waals surface area contributed by atoms with Gasteiger partial charge in [0.2, 0.25) is 0 Å². The van der Waals surface area contributed by atoms with Crippen LogP contribution in [-0.4, -0.2) is 66.7 Å². The molecule has 1 aromatic rings. The van der Waals surface area contributed by atoms with Crippen molar-refractivity contribution < 1.29 is 14.3 Å². The van der Waals surface area contributed by atoms with Crippen molar-refractivity contribution in [3.05, 3.63) is 29.3 Å². The Balaban J connectivity index is 1.55. The molecule has 4 rings (SSSR count). The number of benzene rings is 1. The Morgan fingerprint density at radius 2 is 1.90 bits per heavy atom. The summed E-state index contributed by atoms with van der Waals surface area (Å²) in [6, 6.07) is 7.13. The first kappa shape index (κ1) is 20.8. The summed E-state index contributed by atoms with van der Waals surface area (Å²) in [6.07, 6.45) is 3.47. The number of rotatable bonds is 4. The van der Waals surface area contributed by atoms with Crippen LogP contribution >= 0.6 is 0 Å². The van der Waals surface area contributed by atoms with Gasteiger partial charge in [0, 0.05) is 39.4 Å². The number of ether oxygens (including phenoxy) is 1. The minimum atomic E-state index is -0.796. The monoisotopic (exact) mass is 410 g/mol. The van der Waals surface area contributed by atoms with Crippen LogP contribution in [0.25, 0.3) is 0 Å². The number of anilines is 1. The first-order valence-electron chi connectivity index (χ1n) is 11.0. The molecule has 0 N–H and O–H groups in total. The number of nitrogens with zero attached hydrogens (tertiary/aromatic N) is 4. The fraction of sp³-hybridized carbons (Fsp3) is 0.609. The Morgan fingerprint density at radius 3 is 2.53 bits per heavy atom. The standard InChI is InChI=1S/C23H30N4O3/c1-3-26-22(29)27(20-5-4-17(2)14-19(20)15-24)21(28)23(26)8-10-25(11-9-23)16-18-6-12-30-13-7-18/h4-5,14,18H,3,6-13,16H2,1-2H3. The lowest BCUT2D eigenvalue weighted by molar-refractivity contribution is -0.127. The van der Waals surface area contributed by atoms with Gasteiger partial charge >= 0.3 is 6.03 Å². The molecule has 3 aliphatic heterocycles. The third-order valence-electron chi connectivity index (χ3n) is 6.91. The van der Waals surface area contributed by atoms with E-state index in [-0.39, 0.29) is 11.9 Å². The van der Waals surface area contributed by atoms with Crippen LogP contribution in [0.2, 0.25) is 0 Å². The molecule has 0 bridgehead atoms. The number of aryl methyl sites for hydroxylation is 1. The van der Waals surface area contributed by atoms with Gasteiger partial charge in [-0.1, -0.05) is 6.07 Å². The van der Waals surface area contributed by atoms with Crippen molar-refractivity contribution in [3.63, 3.8) is 0 Å². The second-order valence-corrected chi connectivity index (χ2v) is 8.69. The number of piperidine rings is 1. The second-order valence-electron chi connectivity index (χ2n) is 8.69. The lowest BCUT2D eigenvalue weighted by atomic mass is 9.85. The van der Waals surface area contributed by atoms with Gasteiger partial charge in [-0.25, -0.2) is 9.69 Å². The van der Waals surface area contributed by atoms with E-state index in [0.29, 0.717) is 36.6 Å². The smallest absolute Gasteiger partial charge is 0.332 e. The van der Waals surface area contributed by atoms with Crippen molar-refractivity contribution in [1.29, 1.82) is 5.26 Å². The Labute approximate surface area is 178 Å². The first-order valence-corrected chi connectivity index (χ1v) is 11.0. The Hall–Kier alpha value is -2.43. The van der Waals surface area contributed by atoms with Crippen molar-refractivity contribution in [1.82, 2.24) is 9.80 Å². The lowest BCUT2D eigenvalue weighted by Gasteiger charge is -2.43. The number of nitriles is 1. The van der Waals surface area contributed by atoms with E-state index in [1.165, 1.54) is 4.90 Å². The van der Waals surface area contributed by atoms with E-state index in [2.05, 4.69) is 11.0 Å². The van der Waals surface area contributed by atoms with Gasteiger partial charge < -0.3 is 14.5 Å². The average Bonchev–Trinajstić information content (AvgIpc) is 2.96. The molecule has 160 valence electrons. The number of likely N-dealkylation sites (N-methyl/N-ethyl adjacent to an activating group) is 1. The summed E-state index contributed by atoms with van der Waals surface area (Å²) in [6.45, 7) is 8.62. The molecule has 0 saturated carbocycles. The van der Waals surface area contributed by atoms with E-state index in [1.807, 2.05) is 19.9 Å². The maximum atomic E-state index is 13.6. The highest BCUT2D eigenvalue weighted by Crippen LogP contribution is 2.40. The van der Waals surface area contributed by atoms with E-state index < -0.39 is 5.54 Å². The van der Waals surface area contributed by atoms with Crippen molar-refractivity contribution >= 4 is 17.6 Å². The number of imide groups is 1. The van der Waals surface area contributed by atoms with Crippen molar-refractivity contribution in [2.75, 3.05) is 44.3 Å². The summed E-state index contributed by atoms with van der Waals surface area (Å²) in [5, 5.41) is 9.56. The predicted octanol–water partition coefficient (Wildman–Crippen LogP) is 2.92. The van der Waals surface area contributed by atoms with Gasteiger partial charge in [-0.2, -0.15) is 5.26 Å². The predicted molar refractivity (Wildman–Crippen MR) is 113 cm³/mol. The van der Waals surface area contributed by atoms with E-state index in [1.54, 1.807) is 17.0 Å². The average molecular weight is 411 g/mol. The number of amides is 3. The maximum Gasteiger partial charge on any atom is 0.332 e. The quantitative estimate of drug-likeness (QED) is 0.714. The molecule has 30 heavy (non-hydrogen) atoms. The summed E-state index contributed by atoms with van der Waals surface area (Å²) in [5.41, 5.74) is 0.896. The molecular formula is C23H30N4O3. The molecule has 0 atom stereocenters. The van der Waals surface area contributed by atoms with Crippen molar-refractivity contribution in [2.45, 2.75) is 45.1 Å². The van der Waals surface area contributed by atoms with Crippen molar-refractivity contribution in [3.8, 4) is 6.07 Å². The number of urea groups is 1. The molecule has 7 heteroatoms. The Morgan fingerprint density at radius 1 is 1.20 bits per heavy atom. The highest BCUT2D eigenvalue weighted by Gasteiger charge is 2.58. The molecule has 0 aliphatic carbocycles. The van der Waals surface area contributed by atoms with Crippen molar-refractivity contribution in [2.24, 2.45) is 5.92 Å². The maximum absolute atomic E-state index is 13.6. The number of likely N-dealkylation sites (tertiary alicyclic amines) is 1. The van der Waals surface area contributed by atoms with Gasteiger partial charge in [0.1, 0.15) is 11.6 Å². The van der Waals surface area contributed by atoms with Gasteiger partial charge in [0.25, 0.3) is 5.91 Å². The summed E-state index contributed by atoms with van der Waals surface area (Å²) >= 11 is 0. The van der Waals surface area contributed by atoms with Crippen LogP contribution in [-0.2, 0) is 9.53 Å². The summed E-state index contributed by atoms with van der Waals surface area (Å²) in [4.78, 5) is 32.3. The van der Waals surface area contributed by atoms with Crippen LogP contribution in [0.3, 0.4) is 0 Å². The van der Waals surface area contributed by atoms with Gasteiger partial charge in [-0.05, 0) is 63.1 Å². The molecule has 0 radical (unpaired) electrons. The Kier molecular flexibility index (Phi) is 5.81. The molecule has 3 fully saturated rings. The first-order chi connectivity index (χ1) is 14.5. The molecular weight excluding hydrogens is 380 g/mol. The molecule has 7 nitrogen and oxygen atoms in total. The fourth-order valence-corrected chi connectivity index (χ4v) is 5.18. The molecule has 0 aromatic heterocycles. The molecule has 3 amide bonds. The lowest BCUT2D eigenvalue weighted by Crippen LogP contribution is -2.57. The zero-order chi connectivity index (χ0) is 21.3. The van der Waals surface area contributed by atoms with Crippen LogP contribution in [0.4, 0.5) is 10.5 Å². The Bertz CT molecular complexity index is 864. The SMILES string of the molecule is CCN1C(=O)N(c2ccc(C)cc2C#N)C(=O)C12CCN(CC1CCOCC1)CC2. The summed E-state index contributed by atoms with van der Waals surface area (Å²) < 4.78 is 5.46. The largest absolute Gasteiger partial charge is 0.381 e. The third-order valence-corrected chi connectivity index (χ3v) is 6.91. The fourth-order valence-electron chi connectivity index (χ4n) is 5.18. The topological polar surface area (TPSA) is 76.9 Å². The molecule has 0 unspecified atom stereocenters. The molecule has 1 spiro atoms. The molecule has 1 aromatic carbocycles. The molecule has 3 saturated heterocycles. The number of hydrogen-bond donors (Lipinski definition) is 0. The second kappa shape index (κ2) is 8.37. The van der Waals surface area contributed by atoms with Gasteiger partial charge in [-0.15, -0.1) is 0 Å². The zero-order valence-corrected chi connectivity index (χ0v) is 17.9. The van der Waals surface area contributed by atoms with Crippen LogP contribution < -0.4 is 4.90 Å². The minimum absolute atomic E-state index is 0.180. The summed E-state index contributed by atoms with van der Waals surface area (Å²) in [5.74, 6) is 0.471. The normalized spacial score (nSPS) is 22.7.